The predicted octanol–water partition coefficient (Wildman–Crippen LogP) is 5.46. The van der Waals surface area contributed by atoms with Crippen molar-refractivity contribution in [3.63, 3.8) is 0 Å². The summed E-state index contributed by atoms with van der Waals surface area (Å²) in [4.78, 5) is 7.22. The Hall–Kier alpha value is -2.09. The number of methoxy groups -OCH3 is 1. The Morgan fingerprint density at radius 2 is 1.84 bits per heavy atom. The highest BCUT2D eigenvalue weighted by molar-refractivity contribution is 7.92. The molecule has 2 heterocycles. The van der Waals surface area contributed by atoms with E-state index in [0.717, 1.165) is 17.2 Å². The number of piperidine rings is 1. The summed E-state index contributed by atoms with van der Waals surface area (Å²) in [7, 11) is -2.06. The molecule has 0 N–H and O–H groups in total. The molecule has 0 radical (unpaired) electrons. The molecule has 32 heavy (non-hydrogen) atoms. The SMILES string of the molecule is COc1ccc(Cl)cc1S(=O)(=O)C1CCN(c2nc(Cc3c(C)cccc3C)cs2)CC1. The molecular weight excluding hydrogens is 464 g/mol. The number of ether oxygens (including phenoxy) is 1. The Bertz CT molecular complexity index is 1200. The summed E-state index contributed by atoms with van der Waals surface area (Å²) in [6, 6.07) is 11.1. The van der Waals surface area contributed by atoms with Crippen LogP contribution in [0.25, 0.3) is 0 Å². The molecule has 8 heteroatoms. The average molecular weight is 491 g/mol. The van der Waals surface area contributed by atoms with Crippen LogP contribution in [0.3, 0.4) is 0 Å². The maximum absolute atomic E-state index is 13.3. The van der Waals surface area contributed by atoms with Crippen molar-refractivity contribution in [3.05, 3.63) is 69.2 Å². The van der Waals surface area contributed by atoms with Crippen LogP contribution in [0, 0.1) is 13.8 Å². The number of aryl methyl sites for hydroxylation is 2. The summed E-state index contributed by atoms with van der Waals surface area (Å²) in [6.45, 7) is 5.58. The molecule has 1 aliphatic rings. The van der Waals surface area contributed by atoms with Gasteiger partial charge < -0.3 is 9.64 Å². The predicted molar refractivity (Wildman–Crippen MR) is 131 cm³/mol. The Kier molecular flexibility index (Phi) is 6.79. The second kappa shape index (κ2) is 9.41. The minimum atomic E-state index is -3.53. The second-order valence-electron chi connectivity index (χ2n) is 8.20. The highest BCUT2D eigenvalue weighted by atomic mass is 35.5. The highest BCUT2D eigenvalue weighted by Crippen LogP contribution is 2.34. The van der Waals surface area contributed by atoms with Gasteiger partial charge in [0.1, 0.15) is 10.6 Å². The van der Waals surface area contributed by atoms with Gasteiger partial charge in [0.25, 0.3) is 0 Å². The molecule has 0 aliphatic carbocycles. The number of thiazole rings is 1. The van der Waals surface area contributed by atoms with E-state index >= 15 is 0 Å². The van der Waals surface area contributed by atoms with E-state index in [9.17, 15) is 8.42 Å². The minimum absolute atomic E-state index is 0.177. The molecule has 0 saturated carbocycles. The molecule has 3 aromatic rings. The van der Waals surface area contributed by atoms with Crippen molar-refractivity contribution in [1.29, 1.82) is 0 Å². The number of hydrogen-bond donors (Lipinski definition) is 0. The maximum Gasteiger partial charge on any atom is 0.185 e. The first kappa shape index (κ1) is 23.1. The van der Waals surface area contributed by atoms with Gasteiger partial charge in [-0.1, -0.05) is 29.8 Å². The number of aromatic nitrogens is 1. The van der Waals surface area contributed by atoms with Crippen LogP contribution in [0.1, 0.15) is 35.2 Å². The highest BCUT2D eigenvalue weighted by Gasteiger charge is 2.34. The quantitative estimate of drug-likeness (QED) is 0.459. The Labute approximate surface area is 198 Å². The Morgan fingerprint density at radius 1 is 1.16 bits per heavy atom. The fraction of sp³-hybridized carbons (Fsp3) is 0.375. The van der Waals surface area contributed by atoms with Crippen LogP contribution in [-0.4, -0.2) is 38.9 Å². The first-order valence-corrected chi connectivity index (χ1v) is 13.4. The molecular formula is C24H27ClN2O3S2. The van der Waals surface area contributed by atoms with E-state index in [1.807, 2.05) is 0 Å². The number of halogens is 1. The molecule has 0 amide bonds. The lowest BCUT2D eigenvalue weighted by Gasteiger charge is -2.31. The summed E-state index contributed by atoms with van der Waals surface area (Å²) in [5.74, 6) is 0.341. The van der Waals surface area contributed by atoms with Gasteiger partial charge in [-0.05, 0) is 61.6 Å². The Morgan fingerprint density at radius 3 is 2.50 bits per heavy atom. The summed E-state index contributed by atoms with van der Waals surface area (Å²) >= 11 is 7.69. The molecule has 0 bridgehead atoms. The zero-order valence-corrected chi connectivity index (χ0v) is 20.9. The van der Waals surface area contributed by atoms with Crippen molar-refractivity contribution >= 4 is 37.9 Å². The van der Waals surface area contributed by atoms with Gasteiger partial charge in [0.15, 0.2) is 15.0 Å². The smallest absolute Gasteiger partial charge is 0.185 e. The van der Waals surface area contributed by atoms with Crippen molar-refractivity contribution in [3.8, 4) is 5.75 Å². The largest absolute Gasteiger partial charge is 0.495 e. The van der Waals surface area contributed by atoms with E-state index in [4.69, 9.17) is 21.3 Å². The molecule has 1 saturated heterocycles. The molecule has 170 valence electrons. The van der Waals surface area contributed by atoms with Crippen LogP contribution in [-0.2, 0) is 16.3 Å². The lowest BCUT2D eigenvalue weighted by Crippen LogP contribution is -2.39. The third-order valence-corrected chi connectivity index (χ3v) is 9.59. The summed E-state index contributed by atoms with van der Waals surface area (Å²) in [5, 5.41) is 3.00. The van der Waals surface area contributed by atoms with Crippen LogP contribution in [0.2, 0.25) is 5.02 Å². The fourth-order valence-corrected chi connectivity index (χ4v) is 7.27. The molecule has 4 rings (SSSR count). The van der Waals surface area contributed by atoms with Gasteiger partial charge in [-0.15, -0.1) is 11.3 Å². The molecule has 2 aromatic carbocycles. The average Bonchev–Trinajstić information content (AvgIpc) is 3.25. The first-order chi connectivity index (χ1) is 15.3. The summed E-state index contributed by atoms with van der Waals surface area (Å²) in [5.41, 5.74) is 4.94. The summed E-state index contributed by atoms with van der Waals surface area (Å²) < 4.78 is 31.8. The minimum Gasteiger partial charge on any atom is -0.495 e. The van der Waals surface area contributed by atoms with Crippen LogP contribution >= 0.6 is 22.9 Å². The van der Waals surface area contributed by atoms with Gasteiger partial charge >= 0.3 is 0 Å². The standard InChI is InChI=1S/C24H27ClN2O3S2/c1-16-5-4-6-17(2)21(16)14-19-15-31-24(26-19)27-11-9-20(10-12-27)32(28,29)23-13-18(25)7-8-22(23)30-3/h4-8,13,15,20H,9-12,14H2,1-3H3. The van der Waals surface area contributed by atoms with Crippen molar-refractivity contribution in [2.75, 3.05) is 25.1 Å². The van der Waals surface area contributed by atoms with Crippen molar-refractivity contribution in [2.24, 2.45) is 0 Å². The van der Waals surface area contributed by atoms with Gasteiger partial charge in [0, 0.05) is 29.9 Å². The number of hydrogen-bond acceptors (Lipinski definition) is 6. The molecule has 1 aromatic heterocycles. The molecule has 5 nitrogen and oxygen atoms in total. The zero-order chi connectivity index (χ0) is 22.9. The second-order valence-corrected chi connectivity index (χ2v) is 11.7. The van der Waals surface area contributed by atoms with Crippen molar-refractivity contribution in [2.45, 2.75) is 43.3 Å². The first-order valence-electron chi connectivity index (χ1n) is 10.6. The van der Waals surface area contributed by atoms with E-state index in [1.54, 1.807) is 23.5 Å². The van der Waals surface area contributed by atoms with E-state index in [2.05, 4.69) is 42.3 Å². The van der Waals surface area contributed by atoms with Gasteiger partial charge in [0.05, 0.1) is 18.1 Å². The van der Waals surface area contributed by atoms with E-state index in [0.29, 0.717) is 36.7 Å². The van der Waals surface area contributed by atoms with Gasteiger partial charge in [0.2, 0.25) is 0 Å². The number of anilines is 1. The molecule has 0 unspecified atom stereocenters. The maximum atomic E-state index is 13.3. The van der Waals surface area contributed by atoms with Crippen molar-refractivity contribution in [1.82, 2.24) is 4.98 Å². The fourth-order valence-electron chi connectivity index (χ4n) is 4.24. The van der Waals surface area contributed by atoms with Crippen LogP contribution in [0.5, 0.6) is 5.75 Å². The number of benzene rings is 2. The normalized spacial score (nSPS) is 15.2. The zero-order valence-electron chi connectivity index (χ0n) is 18.5. The van der Waals surface area contributed by atoms with E-state index in [-0.39, 0.29) is 4.90 Å². The number of rotatable bonds is 6. The van der Waals surface area contributed by atoms with Crippen LogP contribution < -0.4 is 9.64 Å². The molecule has 1 fully saturated rings. The van der Waals surface area contributed by atoms with E-state index < -0.39 is 15.1 Å². The molecule has 0 spiro atoms. The summed E-state index contributed by atoms with van der Waals surface area (Å²) in [6.07, 6.45) is 1.90. The lowest BCUT2D eigenvalue weighted by atomic mass is 9.99. The topological polar surface area (TPSA) is 59.5 Å². The van der Waals surface area contributed by atoms with Crippen LogP contribution in [0.4, 0.5) is 5.13 Å². The van der Waals surface area contributed by atoms with E-state index in [1.165, 1.54) is 29.9 Å². The third kappa shape index (κ3) is 4.65. The lowest BCUT2D eigenvalue weighted by molar-refractivity contribution is 0.402. The van der Waals surface area contributed by atoms with Crippen molar-refractivity contribution < 1.29 is 13.2 Å². The molecule has 0 atom stereocenters. The number of sulfone groups is 1. The van der Waals surface area contributed by atoms with Gasteiger partial charge in [-0.25, -0.2) is 13.4 Å². The monoisotopic (exact) mass is 490 g/mol. The van der Waals surface area contributed by atoms with Gasteiger partial charge in [-0.3, -0.25) is 0 Å². The van der Waals surface area contributed by atoms with Crippen LogP contribution in [0.15, 0.2) is 46.7 Å². The molecule has 1 aliphatic heterocycles. The Balaban J connectivity index is 1.45. The van der Waals surface area contributed by atoms with Gasteiger partial charge in [-0.2, -0.15) is 0 Å². The third-order valence-electron chi connectivity index (χ3n) is 6.13. The number of nitrogens with zero attached hydrogens (tertiary/aromatic N) is 2.